The minimum atomic E-state index is -0.942. The lowest BCUT2D eigenvalue weighted by atomic mass is 11.0. The first-order valence-corrected chi connectivity index (χ1v) is 3.67. The van der Waals surface area contributed by atoms with Gasteiger partial charge in [-0.05, 0) is 0 Å². The first-order valence-electron chi connectivity index (χ1n) is 3.67. The van der Waals surface area contributed by atoms with Crippen LogP contribution in [0.3, 0.4) is 0 Å². The monoisotopic (exact) mass is 173 g/mol. The first kappa shape index (κ1) is 16.9. The highest BCUT2D eigenvalue weighted by Crippen LogP contribution is 1.73. The van der Waals surface area contributed by atoms with Gasteiger partial charge in [0.15, 0.2) is 0 Å². The number of hydrogen-bond acceptors (Lipinski definition) is 2. The van der Waals surface area contributed by atoms with E-state index in [0.717, 1.165) is 12.4 Å². The summed E-state index contributed by atoms with van der Waals surface area (Å²) in [6.07, 6.45) is 1.76. The minimum absolute atomic E-state index is 0.753. The average Bonchev–Trinajstić information content (AvgIpc) is 2.12. The van der Waals surface area contributed by atoms with Crippen molar-refractivity contribution in [1.29, 1.82) is 0 Å². The van der Waals surface area contributed by atoms with Gasteiger partial charge in [0.1, 0.15) is 0 Å². The van der Waals surface area contributed by atoms with Crippen molar-refractivity contribution in [2.45, 2.75) is 27.7 Å². The number of aliphatic imine (C=N–C) groups is 2. The van der Waals surface area contributed by atoms with E-state index in [0.29, 0.717) is 0 Å². The van der Waals surface area contributed by atoms with Gasteiger partial charge >= 0.3 is 6.03 Å². The van der Waals surface area contributed by atoms with Crippen molar-refractivity contribution in [2.24, 2.45) is 15.7 Å². The third-order valence-electron chi connectivity index (χ3n) is 0.326. The van der Waals surface area contributed by atoms with E-state index in [1.54, 1.807) is 0 Å². The van der Waals surface area contributed by atoms with E-state index in [9.17, 15) is 9.59 Å². The van der Waals surface area contributed by atoms with Crippen molar-refractivity contribution in [1.82, 2.24) is 0 Å². The van der Waals surface area contributed by atoms with Crippen molar-refractivity contribution < 1.29 is 9.59 Å². The van der Waals surface area contributed by atoms with Gasteiger partial charge in [0.25, 0.3) is 0 Å². The van der Waals surface area contributed by atoms with E-state index in [2.05, 4.69) is 15.7 Å². The molecule has 0 unspecified atom stereocenters. The van der Waals surface area contributed by atoms with E-state index >= 15 is 0 Å². The maximum atomic E-state index is 9.94. The molecule has 2 amide bonds. The molecule has 0 spiro atoms. The van der Waals surface area contributed by atoms with Crippen LogP contribution in [0.2, 0.25) is 0 Å². The minimum Gasteiger partial charge on any atom is -0.390 e. The third-order valence-corrected chi connectivity index (χ3v) is 0.326. The van der Waals surface area contributed by atoms with Crippen molar-refractivity contribution in [3.8, 4) is 0 Å². The number of carbonyl (C=O) groups is 1. The van der Waals surface area contributed by atoms with Gasteiger partial charge in [0, 0.05) is 0 Å². The fourth-order valence-corrected chi connectivity index (χ4v) is 0.132. The number of nitrogens with zero attached hydrogens (tertiary/aromatic N) is 2. The molecule has 5 nitrogen and oxygen atoms in total. The summed E-state index contributed by atoms with van der Waals surface area (Å²) >= 11 is 0. The summed E-state index contributed by atoms with van der Waals surface area (Å²) in [6, 6.07) is -0.942. The van der Waals surface area contributed by atoms with Gasteiger partial charge in [-0.25, -0.2) is 9.59 Å². The molecule has 5 heteroatoms. The molecule has 12 heavy (non-hydrogen) atoms. The predicted octanol–water partition coefficient (Wildman–Crippen LogP) is 1.48. The average molecular weight is 173 g/mol. The number of nitrogens with two attached hydrogens (primary N) is 1. The molecule has 0 saturated heterocycles. The standard InChI is InChI=1S/C3H3N3O2.2C2H6/c4-1-5-3(8)6-2-7;2*1-2/h1H,(H2,4,5,8);2*1-2H3. The lowest BCUT2D eigenvalue weighted by Crippen LogP contribution is -1.92. The second-order valence-corrected chi connectivity index (χ2v) is 0.764. The first-order chi connectivity index (χ1) is 5.81. The van der Waals surface area contributed by atoms with Crippen LogP contribution in [0.5, 0.6) is 0 Å². The molecule has 0 aromatic carbocycles. The molecule has 2 N–H and O–H groups in total. The van der Waals surface area contributed by atoms with Crippen LogP contribution in [0.4, 0.5) is 4.79 Å². The number of rotatable bonds is 0. The van der Waals surface area contributed by atoms with Gasteiger partial charge in [0.05, 0.1) is 6.34 Å². The Bertz CT molecular complexity index is 160. The van der Waals surface area contributed by atoms with E-state index in [4.69, 9.17) is 0 Å². The van der Waals surface area contributed by atoms with Crippen LogP contribution in [0.15, 0.2) is 9.98 Å². The van der Waals surface area contributed by atoms with Gasteiger partial charge in [-0.15, -0.1) is 4.99 Å². The Balaban J connectivity index is -0.000000175. The molecule has 0 rings (SSSR count). The number of hydrogen-bond donors (Lipinski definition) is 1. The maximum Gasteiger partial charge on any atom is 0.379 e. The Morgan fingerprint density at radius 3 is 2.00 bits per heavy atom. The Hall–Kier alpha value is -1.48. The van der Waals surface area contributed by atoms with Gasteiger partial charge < -0.3 is 5.73 Å². The van der Waals surface area contributed by atoms with Crippen LogP contribution in [0.25, 0.3) is 0 Å². The molecular weight excluding hydrogens is 158 g/mol. The molecule has 0 heterocycles. The summed E-state index contributed by atoms with van der Waals surface area (Å²) < 4.78 is 0. The zero-order chi connectivity index (χ0) is 10.4. The van der Waals surface area contributed by atoms with Crippen molar-refractivity contribution in [2.75, 3.05) is 0 Å². The Morgan fingerprint density at radius 1 is 1.33 bits per heavy atom. The Labute approximate surface area is 72.4 Å². The number of isocyanates is 1. The normalized spacial score (nSPS) is 6.67. The summed E-state index contributed by atoms with van der Waals surface area (Å²) in [6.45, 7) is 8.00. The number of amides is 2. The van der Waals surface area contributed by atoms with E-state index in [-0.39, 0.29) is 0 Å². The van der Waals surface area contributed by atoms with Gasteiger partial charge in [-0.3, -0.25) is 0 Å². The largest absolute Gasteiger partial charge is 0.390 e. The van der Waals surface area contributed by atoms with Gasteiger partial charge in [0.2, 0.25) is 6.08 Å². The lowest BCUT2D eigenvalue weighted by Gasteiger charge is -1.70. The van der Waals surface area contributed by atoms with E-state index in [1.807, 2.05) is 27.7 Å². The molecule has 0 atom stereocenters. The summed E-state index contributed by atoms with van der Waals surface area (Å²) in [7, 11) is 0. The maximum absolute atomic E-state index is 9.94. The highest BCUT2D eigenvalue weighted by atomic mass is 16.2. The molecular formula is C7H15N3O2. The van der Waals surface area contributed by atoms with Crippen LogP contribution >= 0.6 is 0 Å². The van der Waals surface area contributed by atoms with Crippen LogP contribution in [-0.2, 0) is 4.79 Å². The zero-order valence-electron chi connectivity index (χ0n) is 7.87. The highest BCUT2D eigenvalue weighted by Gasteiger charge is 1.85. The van der Waals surface area contributed by atoms with Crippen molar-refractivity contribution in [3.05, 3.63) is 0 Å². The fraction of sp³-hybridized carbons (Fsp3) is 0.571. The molecule has 0 aliphatic rings. The Kier molecular flexibility index (Phi) is 31.9. The molecule has 0 radical (unpaired) electrons. The van der Waals surface area contributed by atoms with E-state index < -0.39 is 6.03 Å². The van der Waals surface area contributed by atoms with Crippen LogP contribution in [-0.4, -0.2) is 18.4 Å². The van der Waals surface area contributed by atoms with Crippen LogP contribution in [0.1, 0.15) is 27.7 Å². The van der Waals surface area contributed by atoms with E-state index in [1.165, 1.54) is 0 Å². The quantitative estimate of drug-likeness (QED) is 0.342. The topological polar surface area (TPSA) is 84.9 Å². The lowest BCUT2D eigenvalue weighted by molar-refractivity contribution is 0.257. The van der Waals surface area contributed by atoms with Crippen LogP contribution in [0, 0.1) is 0 Å². The molecule has 0 fully saturated rings. The number of carbonyl (C=O) groups excluding carboxylic acids is 2. The zero-order valence-corrected chi connectivity index (χ0v) is 7.87. The van der Waals surface area contributed by atoms with Crippen molar-refractivity contribution >= 4 is 18.4 Å². The fourth-order valence-electron chi connectivity index (χ4n) is 0.132. The molecule has 0 aromatic heterocycles. The summed E-state index contributed by atoms with van der Waals surface area (Å²) in [5, 5.41) is 0. The molecule has 0 aromatic rings. The molecule has 0 aliphatic heterocycles. The molecule has 70 valence electrons. The molecule has 0 aliphatic carbocycles. The van der Waals surface area contributed by atoms with Crippen molar-refractivity contribution in [3.63, 3.8) is 0 Å². The predicted molar refractivity (Wildman–Crippen MR) is 48.9 cm³/mol. The summed E-state index contributed by atoms with van der Waals surface area (Å²) in [5.41, 5.74) is 4.66. The summed E-state index contributed by atoms with van der Waals surface area (Å²) in [5.74, 6) is 0. The number of urea groups is 1. The summed E-state index contributed by atoms with van der Waals surface area (Å²) in [4.78, 5) is 24.7. The second kappa shape index (κ2) is 22.7. The molecule has 0 saturated carbocycles. The third kappa shape index (κ3) is 23.6. The second-order valence-electron chi connectivity index (χ2n) is 0.764. The smallest absolute Gasteiger partial charge is 0.379 e. The Morgan fingerprint density at radius 2 is 1.75 bits per heavy atom. The molecule has 0 bridgehead atoms. The highest BCUT2D eigenvalue weighted by molar-refractivity contribution is 5.86. The van der Waals surface area contributed by atoms with Gasteiger partial charge in [-0.1, -0.05) is 27.7 Å². The van der Waals surface area contributed by atoms with Crippen LogP contribution < -0.4 is 5.73 Å². The SMILES string of the molecule is CC.CC.NC=NC(=O)N=C=O. The van der Waals surface area contributed by atoms with Gasteiger partial charge in [-0.2, -0.15) is 4.99 Å².